The van der Waals surface area contributed by atoms with Gasteiger partial charge in [0.1, 0.15) is 0 Å². The van der Waals surface area contributed by atoms with Crippen molar-refractivity contribution in [3.05, 3.63) is 12.2 Å². The van der Waals surface area contributed by atoms with Crippen LogP contribution in [0.1, 0.15) is 32.6 Å². The molecule has 2 aliphatic carbocycles. The maximum Gasteiger partial charge on any atom is 0.0404 e. The van der Waals surface area contributed by atoms with Crippen molar-refractivity contribution in [3.63, 3.8) is 0 Å². The first-order valence-corrected chi connectivity index (χ1v) is 6.79. The largest absolute Gasteiger partial charge is 0.311 e. The molecule has 4 unspecified atom stereocenters. The van der Waals surface area contributed by atoms with Gasteiger partial charge in [-0.1, -0.05) is 18.6 Å². The quantitative estimate of drug-likeness (QED) is 0.562. The van der Waals surface area contributed by atoms with Crippen LogP contribution in [0.5, 0.6) is 0 Å². The summed E-state index contributed by atoms with van der Waals surface area (Å²) in [7, 11) is 0. The zero-order valence-corrected chi connectivity index (χ0v) is 10.3. The van der Waals surface area contributed by atoms with Crippen molar-refractivity contribution in [1.82, 2.24) is 5.32 Å². The number of nitrogens with one attached hydrogen (secondary N) is 1. The average molecular weight is 228 g/mol. The molecule has 2 fully saturated rings. The van der Waals surface area contributed by atoms with Crippen LogP contribution in [0.3, 0.4) is 0 Å². The highest BCUT2D eigenvalue weighted by atomic mass is 35.5. The minimum atomic E-state index is 0.629. The van der Waals surface area contributed by atoms with Crippen LogP contribution in [-0.2, 0) is 0 Å². The Hall–Kier alpha value is -0.0100. The summed E-state index contributed by atoms with van der Waals surface area (Å²) in [5, 5.41) is 3.60. The van der Waals surface area contributed by atoms with Crippen molar-refractivity contribution in [2.24, 2.45) is 17.8 Å². The predicted octanol–water partition coefficient (Wildman–Crippen LogP) is 3.20. The third kappa shape index (κ3) is 2.76. The molecule has 0 radical (unpaired) electrons. The third-order valence-electron chi connectivity index (χ3n) is 4.25. The second kappa shape index (κ2) is 5.36. The van der Waals surface area contributed by atoms with Crippen LogP contribution in [0, 0.1) is 17.8 Å². The highest BCUT2D eigenvalue weighted by Crippen LogP contribution is 2.49. The molecule has 2 bridgehead atoms. The van der Waals surface area contributed by atoms with Crippen LogP contribution in [0.25, 0.3) is 0 Å². The fraction of sp³-hybridized carbons (Fsp3) is 0.846. The summed E-state index contributed by atoms with van der Waals surface area (Å²) in [6, 6.07) is 0.681. The van der Waals surface area contributed by atoms with Crippen LogP contribution in [0.2, 0.25) is 0 Å². The Morgan fingerprint density at radius 2 is 2.20 bits per heavy atom. The Balaban J connectivity index is 1.72. The van der Waals surface area contributed by atoms with Gasteiger partial charge in [-0.25, -0.2) is 0 Å². The van der Waals surface area contributed by atoms with E-state index in [2.05, 4.69) is 18.3 Å². The lowest BCUT2D eigenvalue weighted by Gasteiger charge is -2.28. The summed E-state index contributed by atoms with van der Waals surface area (Å²) < 4.78 is 0. The minimum Gasteiger partial charge on any atom is -0.311 e. The molecule has 0 aromatic heterocycles. The van der Waals surface area contributed by atoms with Gasteiger partial charge in [-0.15, -0.1) is 11.6 Å². The standard InChI is InChI=1S/C13H22ClN/c1-10(15-7-3-2-6-14)13-9-11-4-5-12(13)8-11/h2-3,10-13,15H,4-9H2,1H3/b3-2+. The molecule has 0 aliphatic heterocycles. The molecule has 0 heterocycles. The average Bonchev–Trinajstić information content (AvgIpc) is 2.85. The number of halogens is 1. The van der Waals surface area contributed by atoms with Crippen molar-refractivity contribution in [3.8, 4) is 0 Å². The highest BCUT2D eigenvalue weighted by Gasteiger charge is 2.41. The zero-order chi connectivity index (χ0) is 10.7. The van der Waals surface area contributed by atoms with Gasteiger partial charge in [-0.2, -0.15) is 0 Å². The zero-order valence-electron chi connectivity index (χ0n) is 9.58. The molecule has 2 aliphatic rings. The van der Waals surface area contributed by atoms with Crippen LogP contribution in [0.4, 0.5) is 0 Å². The van der Waals surface area contributed by atoms with Gasteiger partial charge in [0.15, 0.2) is 0 Å². The van der Waals surface area contributed by atoms with Crippen molar-refractivity contribution < 1.29 is 0 Å². The summed E-state index contributed by atoms with van der Waals surface area (Å²) in [6.45, 7) is 3.32. The lowest BCUT2D eigenvalue weighted by Crippen LogP contribution is -2.36. The summed E-state index contributed by atoms with van der Waals surface area (Å²) in [5.41, 5.74) is 0. The van der Waals surface area contributed by atoms with Gasteiger partial charge in [0.25, 0.3) is 0 Å². The van der Waals surface area contributed by atoms with Crippen molar-refractivity contribution in [1.29, 1.82) is 0 Å². The van der Waals surface area contributed by atoms with E-state index in [1.54, 1.807) is 0 Å². The first-order chi connectivity index (χ1) is 7.31. The Morgan fingerprint density at radius 1 is 1.33 bits per heavy atom. The van der Waals surface area contributed by atoms with E-state index < -0.39 is 0 Å². The van der Waals surface area contributed by atoms with Gasteiger partial charge in [0.05, 0.1) is 0 Å². The van der Waals surface area contributed by atoms with E-state index in [4.69, 9.17) is 11.6 Å². The molecule has 0 amide bonds. The summed E-state index contributed by atoms with van der Waals surface area (Å²) >= 11 is 5.58. The molecular formula is C13H22ClN. The van der Waals surface area contributed by atoms with Gasteiger partial charge in [0.2, 0.25) is 0 Å². The SMILES string of the molecule is CC(NC/C=C/CCl)C1CC2CCC1C2. The second-order valence-electron chi connectivity index (χ2n) is 5.16. The molecule has 0 spiro atoms. The number of hydrogen-bond acceptors (Lipinski definition) is 1. The summed E-state index contributed by atoms with van der Waals surface area (Å²) in [6.07, 6.45) is 10.1. The fourth-order valence-electron chi connectivity index (χ4n) is 3.46. The van der Waals surface area contributed by atoms with Gasteiger partial charge in [0, 0.05) is 18.5 Å². The summed E-state index contributed by atoms with van der Waals surface area (Å²) in [5.74, 6) is 3.65. The lowest BCUT2D eigenvalue weighted by atomic mass is 9.84. The van der Waals surface area contributed by atoms with Crippen LogP contribution < -0.4 is 5.32 Å². The second-order valence-corrected chi connectivity index (χ2v) is 5.47. The monoisotopic (exact) mass is 227 g/mol. The number of fused-ring (bicyclic) bond motifs is 2. The molecule has 2 heteroatoms. The normalized spacial score (nSPS) is 36.5. The van der Waals surface area contributed by atoms with Crippen molar-refractivity contribution in [2.75, 3.05) is 12.4 Å². The topological polar surface area (TPSA) is 12.0 Å². The van der Waals surface area contributed by atoms with Crippen molar-refractivity contribution >= 4 is 11.6 Å². The van der Waals surface area contributed by atoms with E-state index in [0.717, 1.165) is 24.3 Å². The minimum absolute atomic E-state index is 0.629. The van der Waals surface area contributed by atoms with Crippen LogP contribution in [0.15, 0.2) is 12.2 Å². The molecule has 0 saturated heterocycles. The van der Waals surface area contributed by atoms with Gasteiger partial charge in [-0.05, 0) is 43.9 Å². The molecule has 0 aromatic rings. The fourth-order valence-corrected chi connectivity index (χ4v) is 3.58. The number of hydrogen-bond donors (Lipinski definition) is 1. The smallest absolute Gasteiger partial charge is 0.0404 e. The molecule has 2 saturated carbocycles. The maximum absolute atomic E-state index is 5.58. The Bertz CT molecular complexity index is 227. The molecule has 2 rings (SSSR count). The maximum atomic E-state index is 5.58. The Labute approximate surface area is 98.3 Å². The summed E-state index contributed by atoms with van der Waals surface area (Å²) in [4.78, 5) is 0. The molecule has 86 valence electrons. The van der Waals surface area contributed by atoms with Crippen LogP contribution in [-0.4, -0.2) is 18.5 Å². The van der Waals surface area contributed by atoms with Crippen LogP contribution >= 0.6 is 11.6 Å². The molecule has 0 aromatic carbocycles. The van der Waals surface area contributed by atoms with Gasteiger partial charge in [-0.3, -0.25) is 0 Å². The number of alkyl halides is 1. The van der Waals surface area contributed by atoms with E-state index in [1.165, 1.54) is 25.7 Å². The predicted molar refractivity (Wildman–Crippen MR) is 66.3 cm³/mol. The molecule has 1 N–H and O–H groups in total. The van der Waals surface area contributed by atoms with E-state index in [0.29, 0.717) is 11.9 Å². The molecule has 4 atom stereocenters. The van der Waals surface area contributed by atoms with Crippen molar-refractivity contribution in [2.45, 2.75) is 38.6 Å². The Kier molecular flexibility index (Phi) is 4.10. The van der Waals surface area contributed by atoms with Gasteiger partial charge < -0.3 is 5.32 Å². The van der Waals surface area contributed by atoms with E-state index in [1.807, 2.05) is 6.08 Å². The van der Waals surface area contributed by atoms with E-state index in [9.17, 15) is 0 Å². The third-order valence-corrected chi connectivity index (χ3v) is 4.43. The van der Waals surface area contributed by atoms with E-state index in [-0.39, 0.29) is 0 Å². The molecular weight excluding hydrogens is 206 g/mol. The first-order valence-electron chi connectivity index (χ1n) is 6.25. The number of rotatable bonds is 5. The highest BCUT2D eigenvalue weighted by molar-refractivity contribution is 6.18. The molecule has 15 heavy (non-hydrogen) atoms. The molecule has 1 nitrogen and oxygen atoms in total. The lowest BCUT2D eigenvalue weighted by molar-refractivity contribution is 0.265. The first kappa shape index (κ1) is 11.5. The number of allylic oxidation sites excluding steroid dienone is 1. The van der Waals surface area contributed by atoms with Gasteiger partial charge >= 0.3 is 0 Å². The van der Waals surface area contributed by atoms with E-state index >= 15 is 0 Å². The Morgan fingerprint density at radius 3 is 2.80 bits per heavy atom.